The zero-order chi connectivity index (χ0) is 20.6. The molecular weight excluding hydrogens is 386 g/mol. The van der Waals surface area contributed by atoms with Crippen molar-refractivity contribution in [3.8, 4) is 0 Å². The van der Waals surface area contributed by atoms with Crippen LogP contribution in [-0.4, -0.2) is 23.3 Å². The fourth-order valence-corrected chi connectivity index (χ4v) is 3.43. The molecule has 1 aromatic carbocycles. The Morgan fingerprint density at radius 2 is 1.97 bits per heavy atom. The van der Waals surface area contributed by atoms with Crippen LogP contribution in [0.4, 0.5) is 0 Å². The predicted octanol–water partition coefficient (Wildman–Crippen LogP) is 3.99. The molecule has 0 unspecified atom stereocenters. The van der Waals surface area contributed by atoms with Crippen LogP contribution in [-0.2, 0) is 11.2 Å². The summed E-state index contributed by atoms with van der Waals surface area (Å²) in [6.45, 7) is 4.62. The lowest BCUT2D eigenvalue weighted by Gasteiger charge is -2.10. The Balaban J connectivity index is 1.65. The average Bonchev–Trinajstić information content (AvgIpc) is 3.40. The van der Waals surface area contributed by atoms with Crippen LogP contribution < -0.4 is 10.6 Å². The standard InChI is InChI=1S/C22H23N3O3S/c1-15(2)22-24-17(14-29-22)10-11-23-21(27)19(13-18-9-6-12-28-18)25-20(26)16-7-4-3-5-8-16/h3-9,12-15H,10-11H2,1-2H3,(H,23,27)(H,25,26). The molecule has 7 heteroatoms. The molecule has 6 nitrogen and oxygen atoms in total. The van der Waals surface area contributed by atoms with Gasteiger partial charge in [-0.3, -0.25) is 9.59 Å². The van der Waals surface area contributed by atoms with Crippen molar-refractivity contribution in [3.63, 3.8) is 0 Å². The highest BCUT2D eigenvalue weighted by Crippen LogP contribution is 2.19. The van der Waals surface area contributed by atoms with Crippen LogP contribution >= 0.6 is 11.3 Å². The van der Waals surface area contributed by atoms with Gasteiger partial charge in [-0.1, -0.05) is 32.0 Å². The molecule has 0 aliphatic carbocycles. The van der Waals surface area contributed by atoms with Gasteiger partial charge in [0.1, 0.15) is 11.5 Å². The zero-order valence-corrected chi connectivity index (χ0v) is 17.2. The molecule has 2 N–H and O–H groups in total. The highest BCUT2D eigenvalue weighted by atomic mass is 32.1. The summed E-state index contributed by atoms with van der Waals surface area (Å²) in [5, 5.41) is 8.61. The van der Waals surface area contributed by atoms with Gasteiger partial charge in [0.05, 0.1) is 17.0 Å². The highest BCUT2D eigenvalue weighted by Gasteiger charge is 2.15. The van der Waals surface area contributed by atoms with Crippen LogP contribution in [0.25, 0.3) is 6.08 Å². The average molecular weight is 410 g/mol. The van der Waals surface area contributed by atoms with E-state index in [-0.39, 0.29) is 17.5 Å². The molecule has 0 bridgehead atoms. The fourth-order valence-electron chi connectivity index (χ4n) is 2.56. The lowest BCUT2D eigenvalue weighted by Crippen LogP contribution is -2.35. The topological polar surface area (TPSA) is 84.2 Å². The van der Waals surface area contributed by atoms with Gasteiger partial charge in [0, 0.05) is 35.9 Å². The van der Waals surface area contributed by atoms with Crippen molar-refractivity contribution < 1.29 is 14.0 Å². The summed E-state index contributed by atoms with van der Waals surface area (Å²) in [5.41, 5.74) is 1.54. The zero-order valence-electron chi connectivity index (χ0n) is 16.3. The van der Waals surface area contributed by atoms with E-state index in [1.165, 1.54) is 12.3 Å². The van der Waals surface area contributed by atoms with Gasteiger partial charge in [0.15, 0.2) is 0 Å². The molecule has 0 aliphatic rings. The highest BCUT2D eigenvalue weighted by molar-refractivity contribution is 7.09. The number of carbonyl (C=O) groups excluding carboxylic acids is 2. The van der Waals surface area contributed by atoms with Crippen molar-refractivity contribution in [2.24, 2.45) is 0 Å². The van der Waals surface area contributed by atoms with Crippen molar-refractivity contribution in [3.05, 3.63) is 81.8 Å². The number of benzene rings is 1. The van der Waals surface area contributed by atoms with Gasteiger partial charge in [-0.05, 0) is 24.3 Å². The van der Waals surface area contributed by atoms with Gasteiger partial charge in [0.2, 0.25) is 0 Å². The fraction of sp³-hybridized carbons (Fsp3) is 0.227. The normalized spacial score (nSPS) is 11.5. The van der Waals surface area contributed by atoms with Crippen LogP contribution in [0.2, 0.25) is 0 Å². The smallest absolute Gasteiger partial charge is 0.267 e. The number of hydrogen-bond donors (Lipinski definition) is 2. The second-order valence-electron chi connectivity index (χ2n) is 6.73. The van der Waals surface area contributed by atoms with E-state index < -0.39 is 0 Å². The molecule has 0 saturated heterocycles. The molecule has 0 radical (unpaired) electrons. The van der Waals surface area contributed by atoms with Crippen LogP contribution in [0.3, 0.4) is 0 Å². The first kappa shape index (κ1) is 20.5. The Labute approximate surface area is 173 Å². The Morgan fingerprint density at radius 1 is 1.17 bits per heavy atom. The molecule has 3 aromatic rings. The van der Waals surface area contributed by atoms with E-state index in [2.05, 4.69) is 29.5 Å². The van der Waals surface area contributed by atoms with Gasteiger partial charge in [0.25, 0.3) is 11.8 Å². The minimum absolute atomic E-state index is 0.120. The molecule has 0 atom stereocenters. The first-order chi connectivity index (χ1) is 14.0. The monoisotopic (exact) mass is 409 g/mol. The summed E-state index contributed by atoms with van der Waals surface area (Å²) in [6, 6.07) is 12.2. The minimum atomic E-state index is -0.384. The first-order valence-corrected chi connectivity index (χ1v) is 10.2. The largest absolute Gasteiger partial charge is 0.465 e. The van der Waals surface area contributed by atoms with E-state index in [1.807, 2.05) is 11.4 Å². The third-order valence-corrected chi connectivity index (χ3v) is 5.28. The second kappa shape index (κ2) is 9.84. The second-order valence-corrected chi connectivity index (χ2v) is 7.62. The van der Waals surface area contributed by atoms with E-state index in [4.69, 9.17) is 4.42 Å². The maximum absolute atomic E-state index is 12.7. The summed E-state index contributed by atoms with van der Waals surface area (Å²) in [7, 11) is 0. The van der Waals surface area contributed by atoms with Gasteiger partial charge in [-0.25, -0.2) is 4.98 Å². The van der Waals surface area contributed by atoms with Gasteiger partial charge >= 0.3 is 0 Å². The molecule has 150 valence electrons. The summed E-state index contributed by atoms with van der Waals surface area (Å²) < 4.78 is 5.28. The van der Waals surface area contributed by atoms with Crippen molar-refractivity contribution in [2.75, 3.05) is 6.54 Å². The quantitative estimate of drug-likeness (QED) is 0.551. The third-order valence-electron chi connectivity index (χ3n) is 4.09. The molecule has 3 rings (SSSR count). The van der Waals surface area contributed by atoms with E-state index in [0.29, 0.717) is 30.2 Å². The Morgan fingerprint density at radius 3 is 2.62 bits per heavy atom. The lowest BCUT2D eigenvalue weighted by atomic mass is 10.2. The van der Waals surface area contributed by atoms with Crippen molar-refractivity contribution >= 4 is 29.2 Å². The molecule has 2 heterocycles. The Hall–Kier alpha value is -3.19. The van der Waals surface area contributed by atoms with E-state index in [0.717, 1.165) is 10.7 Å². The number of nitrogens with one attached hydrogen (secondary N) is 2. The van der Waals surface area contributed by atoms with Crippen molar-refractivity contribution in [2.45, 2.75) is 26.2 Å². The van der Waals surface area contributed by atoms with Crippen LogP contribution in [0.15, 0.2) is 64.2 Å². The molecular formula is C22H23N3O3S. The van der Waals surface area contributed by atoms with Gasteiger partial charge in [-0.2, -0.15) is 0 Å². The number of nitrogens with zero attached hydrogens (tertiary/aromatic N) is 1. The van der Waals surface area contributed by atoms with Gasteiger partial charge in [-0.15, -0.1) is 11.3 Å². The molecule has 0 spiro atoms. The molecule has 0 saturated carbocycles. The summed E-state index contributed by atoms with van der Waals surface area (Å²) in [6.07, 6.45) is 3.64. The number of thiazole rings is 1. The third kappa shape index (κ3) is 5.89. The lowest BCUT2D eigenvalue weighted by molar-refractivity contribution is -0.117. The number of aromatic nitrogens is 1. The minimum Gasteiger partial charge on any atom is -0.465 e. The molecule has 29 heavy (non-hydrogen) atoms. The molecule has 0 aliphatic heterocycles. The van der Waals surface area contributed by atoms with E-state index in [1.54, 1.807) is 47.7 Å². The predicted molar refractivity (Wildman–Crippen MR) is 114 cm³/mol. The number of rotatable bonds is 8. The van der Waals surface area contributed by atoms with Gasteiger partial charge < -0.3 is 15.1 Å². The van der Waals surface area contributed by atoms with Crippen molar-refractivity contribution in [1.82, 2.24) is 15.6 Å². The molecule has 2 aromatic heterocycles. The number of amides is 2. The Bertz CT molecular complexity index is 976. The van der Waals surface area contributed by atoms with Crippen LogP contribution in [0.5, 0.6) is 0 Å². The van der Waals surface area contributed by atoms with E-state index in [9.17, 15) is 9.59 Å². The number of hydrogen-bond acceptors (Lipinski definition) is 5. The number of carbonyl (C=O) groups is 2. The molecule has 2 amide bonds. The Kier molecular flexibility index (Phi) is 6.97. The maximum atomic E-state index is 12.7. The number of furan rings is 1. The SMILES string of the molecule is CC(C)c1nc(CCNC(=O)C(=Cc2ccco2)NC(=O)c2ccccc2)cs1. The summed E-state index contributed by atoms with van der Waals surface area (Å²) in [5.74, 6) is 0.119. The van der Waals surface area contributed by atoms with Crippen LogP contribution in [0, 0.1) is 0 Å². The first-order valence-electron chi connectivity index (χ1n) is 9.37. The van der Waals surface area contributed by atoms with Crippen molar-refractivity contribution in [1.29, 1.82) is 0 Å². The van der Waals surface area contributed by atoms with Crippen LogP contribution in [0.1, 0.15) is 46.6 Å². The molecule has 0 fully saturated rings. The van der Waals surface area contributed by atoms with E-state index >= 15 is 0 Å². The summed E-state index contributed by atoms with van der Waals surface area (Å²) in [4.78, 5) is 29.7. The summed E-state index contributed by atoms with van der Waals surface area (Å²) >= 11 is 1.63. The maximum Gasteiger partial charge on any atom is 0.267 e.